The lowest BCUT2D eigenvalue weighted by Crippen LogP contribution is -2.38. The van der Waals surface area contributed by atoms with Crippen molar-refractivity contribution in [2.24, 2.45) is 5.73 Å². The average molecular weight is 267 g/mol. The highest BCUT2D eigenvalue weighted by atomic mass is 16.6. The van der Waals surface area contributed by atoms with Gasteiger partial charge in [0.2, 0.25) is 0 Å². The van der Waals surface area contributed by atoms with Crippen molar-refractivity contribution in [2.75, 3.05) is 13.7 Å². The molecule has 106 valence electrons. The Morgan fingerprint density at radius 2 is 2.16 bits per heavy atom. The van der Waals surface area contributed by atoms with Crippen LogP contribution in [0.1, 0.15) is 32.5 Å². The quantitative estimate of drug-likeness (QED) is 0.865. The number of nitrogens with zero attached hydrogens (tertiary/aromatic N) is 1. The highest BCUT2D eigenvalue weighted by molar-refractivity contribution is 5.68. The van der Waals surface area contributed by atoms with Gasteiger partial charge in [0.25, 0.3) is 0 Å². The highest BCUT2D eigenvalue weighted by Crippen LogP contribution is 2.15. The van der Waals surface area contributed by atoms with Gasteiger partial charge in [-0.15, -0.1) is 0 Å². The van der Waals surface area contributed by atoms with E-state index in [0.717, 1.165) is 0 Å². The molecule has 0 saturated carbocycles. The Morgan fingerprint density at radius 1 is 1.47 bits per heavy atom. The van der Waals surface area contributed by atoms with E-state index in [2.05, 4.69) is 10.3 Å². The molecule has 0 spiro atoms. The molecule has 0 radical (unpaired) electrons. The molecule has 1 heterocycles. The number of carbonyl (C=O) groups is 1. The number of carbonyl (C=O) groups excluding carboxylic acids is 1. The molecule has 19 heavy (non-hydrogen) atoms. The van der Waals surface area contributed by atoms with Crippen LogP contribution >= 0.6 is 0 Å². The number of nitrogens with two attached hydrogens (primary N) is 1. The van der Waals surface area contributed by atoms with Crippen molar-refractivity contribution in [3.8, 4) is 5.75 Å². The van der Waals surface area contributed by atoms with Crippen molar-refractivity contribution in [3.63, 3.8) is 0 Å². The summed E-state index contributed by atoms with van der Waals surface area (Å²) in [7, 11) is 1.57. The molecule has 0 saturated heterocycles. The maximum atomic E-state index is 11.7. The third kappa shape index (κ3) is 5.13. The second kappa shape index (κ2) is 6.38. The van der Waals surface area contributed by atoms with E-state index >= 15 is 0 Å². The van der Waals surface area contributed by atoms with Crippen LogP contribution in [0.4, 0.5) is 4.79 Å². The van der Waals surface area contributed by atoms with Gasteiger partial charge in [-0.25, -0.2) is 4.79 Å². The van der Waals surface area contributed by atoms with Crippen molar-refractivity contribution >= 4 is 6.09 Å². The molecule has 1 rings (SSSR count). The van der Waals surface area contributed by atoms with Gasteiger partial charge in [-0.1, -0.05) is 0 Å². The summed E-state index contributed by atoms with van der Waals surface area (Å²) in [5, 5.41) is 2.69. The smallest absolute Gasteiger partial charge is 0.408 e. The van der Waals surface area contributed by atoms with Crippen LogP contribution in [-0.2, 0) is 4.74 Å². The number of amides is 1. The Morgan fingerprint density at radius 3 is 2.58 bits per heavy atom. The monoisotopic (exact) mass is 267 g/mol. The first-order chi connectivity index (χ1) is 8.85. The predicted molar refractivity (Wildman–Crippen MR) is 72.0 cm³/mol. The first-order valence-corrected chi connectivity index (χ1v) is 6.05. The summed E-state index contributed by atoms with van der Waals surface area (Å²) >= 11 is 0. The van der Waals surface area contributed by atoms with Crippen LogP contribution in [0.2, 0.25) is 0 Å². The molecule has 0 aromatic carbocycles. The van der Waals surface area contributed by atoms with Crippen LogP contribution in [0.3, 0.4) is 0 Å². The zero-order chi connectivity index (χ0) is 14.5. The van der Waals surface area contributed by atoms with Crippen LogP contribution in [-0.4, -0.2) is 30.3 Å². The molecule has 1 aromatic rings. The lowest BCUT2D eigenvalue weighted by molar-refractivity contribution is 0.0504. The first-order valence-electron chi connectivity index (χ1n) is 6.05. The number of pyridine rings is 1. The molecule has 0 bridgehead atoms. The number of alkyl carbamates (subject to hydrolysis) is 1. The van der Waals surface area contributed by atoms with Gasteiger partial charge in [0.15, 0.2) is 0 Å². The number of methoxy groups -OCH3 is 1. The summed E-state index contributed by atoms with van der Waals surface area (Å²) in [6.45, 7) is 5.64. The van der Waals surface area contributed by atoms with E-state index in [1.807, 2.05) is 0 Å². The SMILES string of the molecule is COc1ccc(C(CN)NC(=O)OC(C)(C)C)nc1. The third-order valence-electron chi connectivity index (χ3n) is 2.28. The molecular formula is C13H21N3O3. The zero-order valence-electron chi connectivity index (χ0n) is 11.8. The van der Waals surface area contributed by atoms with Gasteiger partial charge in [0.05, 0.1) is 25.0 Å². The molecular weight excluding hydrogens is 246 g/mol. The Hall–Kier alpha value is -1.82. The van der Waals surface area contributed by atoms with E-state index in [9.17, 15) is 4.79 Å². The minimum Gasteiger partial charge on any atom is -0.495 e. The Balaban J connectivity index is 2.69. The standard InChI is InChI=1S/C13H21N3O3/c1-13(2,3)19-12(17)16-11(7-14)10-6-5-9(18-4)8-15-10/h5-6,8,11H,7,14H2,1-4H3,(H,16,17). The van der Waals surface area contributed by atoms with E-state index in [1.165, 1.54) is 0 Å². The summed E-state index contributed by atoms with van der Waals surface area (Å²) in [6.07, 6.45) is 1.06. The fourth-order valence-electron chi connectivity index (χ4n) is 1.42. The number of ether oxygens (including phenoxy) is 2. The normalized spacial score (nSPS) is 12.7. The molecule has 0 aliphatic heterocycles. The highest BCUT2D eigenvalue weighted by Gasteiger charge is 2.20. The van der Waals surface area contributed by atoms with Crippen LogP contribution < -0.4 is 15.8 Å². The number of hydrogen-bond donors (Lipinski definition) is 2. The van der Waals surface area contributed by atoms with E-state index in [-0.39, 0.29) is 12.6 Å². The number of rotatable bonds is 4. The lowest BCUT2D eigenvalue weighted by atomic mass is 10.2. The van der Waals surface area contributed by atoms with Crippen LogP contribution in [0.25, 0.3) is 0 Å². The second-order valence-corrected chi connectivity index (χ2v) is 5.06. The van der Waals surface area contributed by atoms with Crippen molar-refractivity contribution < 1.29 is 14.3 Å². The molecule has 1 aromatic heterocycles. The van der Waals surface area contributed by atoms with E-state index < -0.39 is 11.7 Å². The average Bonchev–Trinajstić information content (AvgIpc) is 2.34. The van der Waals surface area contributed by atoms with Crippen molar-refractivity contribution in [3.05, 3.63) is 24.0 Å². The topological polar surface area (TPSA) is 86.5 Å². The van der Waals surface area contributed by atoms with Crippen molar-refractivity contribution in [1.29, 1.82) is 0 Å². The van der Waals surface area contributed by atoms with E-state index in [1.54, 1.807) is 46.2 Å². The largest absolute Gasteiger partial charge is 0.495 e. The zero-order valence-corrected chi connectivity index (χ0v) is 11.8. The van der Waals surface area contributed by atoms with E-state index in [0.29, 0.717) is 11.4 Å². The number of aromatic nitrogens is 1. The maximum absolute atomic E-state index is 11.7. The summed E-state index contributed by atoms with van der Waals surface area (Å²) in [6, 6.07) is 3.14. The summed E-state index contributed by atoms with van der Waals surface area (Å²) in [5.74, 6) is 0.650. The molecule has 3 N–H and O–H groups in total. The number of nitrogens with one attached hydrogen (secondary N) is 1. The molecule has 0 aliphatic rings. The molecule has 1 unspecified atom stereocenters. The third-order valence-corrected chi connectivity index (χ3v) is 2.28. The van der Waals surface area contributed by atoms with Gasteiger partial charge in [-0.2, -0.15) is 0 Å². The van der Waals surface area contributed by atoms with Crippen LogP contribution in [0.15, 0.2) is 18.3 Å². The summed E-state index contributed by atoms with van der Waals surface area (Å²) in [4.78, 5) is 15.9. The Kier molecular flexibility index (Phi) is 5.11. The molecule has 6 nitrogen and oxygen atoms in total. The molecule has 6 heteroatoms. The fraction of sp³-hybridized carbons (Fsp3) is 0.538. The Labute approximate surface area is 113 Å². The molecule has 0 aliphatic carbocycles. The summed E-state index contributed by atoms with van der Waals surface area (Å²) < 4.78 is 10.2. The van der Waals surface area contributed by atoms with Gasteiger partial charge in [0.1, 0.15) is 11.4 Å². The van der Waals surface area contributed by atoms with E-state index in [4.69, 9.17) is 15.2 Å². The lowest BCUT2D eigenvalue weighted by Gasteiger charge is -2.22. The van der Waals surface area contributed by atoms with Crippen LogP contribution in [0.5, 0.6) is 5.75 Å². The second-order valence-electron chi connectivity index (χ2n) is 5.06. The summed E-state index contributed by atoms with van der Waals surface area (Å²) in [5.41, 5.74) is 5.76. The van der Waals surface area contributed by atoms with Gasteiger partial charge >= 0.3 is 6.09 Å². The Bertz CT molecular complexity index is 412. The van der Waals surface area contributed by atoms with Crippen molar-refractivity contribution in [1.82, 2.24) is 10.3 Å². The molecule has 0 fully saturated rings. The maximum Gasteiger partial charge on any atom is 0.408 e. The minimum absolute atomic E-state index is 0.235. The molecule has 1 atom stereocenters. The first kappa shape index (κ1) is 15.2. The fourth-order valence-corrected chi connectivity index (χ4v) is 1.42. The van der Waals surface area contributed by atoms with Gasteiger partial charge in [0, 0.05) is 6.54 Å². The van der Waals surface area contributed by atoms with Crippen LogP contribution in [0, 0.1) is 0 Å². The van der Waals surface area contributed by atoms with Gasteiger partial charge in [-0.3, -0.25) is 4.98 Å². The minimum atomic E-state index is -0.545. The molecule has 1 amide bonds. The predicted octanol–water partition coefficient (Wildman–Crippen LogP) is 1.61. The van der Waals surface area contributed by atoms with Gasteiger partial charge in [-0.05, 0) is 32.9 Å². The number of hydrogen-bond acceptors (Lipinski definition) is 5. The van der Waals surface area contributed by atoms with Crippen molar-refractivity contribution in [2.45, 2.75) is 32.4 Å². The van der Waals surface area contributed by atoms with Gasteiger partial charge < -0.3 is 20.5 Å².